The Hall–Kier alpha value is -2.41. The predicted molar refractivity (Wildman–Crippen MR) is 76.7 cm³/mol. The van der Waals surface area contributed by atoms with Crippen LogP contribution in [0.1, 0.15) is 33.7 Å². The van der Waals surface area contributed by atoms with Crippen LogP contribution in [0.15, 0.2) is 22.9 Å². The van der Waals surface area contributed by atoms with E-state index in [4.69, 9.17) is 9.52 Å². The van der Waals surface area contributed by atoms with Gasteiger partial charge in [0.25, 0.3) is 5.91 Å². The molecule has 22 heavy (non-hydrogen) atoms. The molecule has 2 aliphatic rings. The summed E-state index contributed by atoms with van der Waals surface area (Å²) in [5.74, 6) is -0.881. The van der Waals surface area contributed by atoms with Crippen molar-refractivity contribution in [3.05, 3.63) is 29.8 Å². The second-order valence-corrected chi connectivity index (χ2v) is 5.94. The predicted octanol–water partition coefficient (Wildman–Crippen LogP) is 1.01. The molecular formula is C15H15N3O4. The Morgan fingerprint density at radius 2 is 2.27 bits per heavy atom. The van der Waals surface area contributed by atoms with Crippen LogP contribution in [0, 0.1) is 5.92 Å². The Morgan fingerprint density at radius 1 is 1.41 bits per heavy atom. The molecule has 3 atom stereocenters. The number of rotatable bonds is 3. The van der Waals surface area contributed by atoms with Crippen LogP contribution in [0.2, 0.25) is 0 Å². The van der Waals surface area contributed by atoms with E-state index in [-0.39, 0.29) is 23.2 Å². The highest BCUT2D eigenvalue weighted by molar-refractivity contribution is 6.04. The van der Waals surface area contributed by atoms with Crippen molar-refractivity contribution < 1.29 is 19.1 Å². The number of piperidine rings is 1. The highest BCUT2D eigenvalue weighted by Gasteiger charge is 2.40. The van der Waals surface area contributed by atoms with E-state index in [1.165, 1.54) is 12.3 Å². The molecule has 2 aromatic rings. The number of aromatic carboxylic acids is 1. The first-order valence-electron chi connectivity index (χ1n) is 7.26. The minimum atomic E-state index is -1.09. The number of amides is 1. The van der Waals surface area contributed by atoms with Crippen LogP contribution in [0.5, 0.6) is 0 Å². The zero-order valence-electron chi connectivity index (χ0n) is 11.7. The summed E-state index contributed by atoms with van der Waals surface area (Å²) in [6, 6.07) is 2.14. The van der Waals surface area contributed by atoms with Gasteiger partial charge >= 0.3 is 5.97 Å². The van der Waals surface area contributed by atoms with E-state index in [1.54, 1.807) is 0 Å². The van der Waals surface area contributed by atoms with Gasteiger partial charge in [-0.1, -0.05) is 0 Å². The van der Waals surface area contributed by atoms with Gasteiger partial charge in [-0.3, -0.25) is 4.79 Å². The van der Waals surface area contributed by atoms with E-state index in [0.29, 0.717) is 22.9 Å². The first kappa shape index (κ1) is 13.3. The smallest absolute Gasteiger partial charge is 0.339 e. The zero-order valence-corrected chi connectivity index (χ0v) is 11.7. The fourth-order valence-electron chi connectivity index (χ4n) is 3.48. The van der Waals surface area contributed by atoms with E-state index < -0.39 is 5.97 Å². The lowest BCUT2D eigenvalue weighted by Crippen LogP contribution is -2.44. The Bertz CT molecular complexity index is 769. The molecule has 7 nitrogen and oxygen atoms in total. The lowest BCUT2D eigenvalue weighted by Gasteiger charge is -2.23. The third-order valence-electron chi connectivity index (χ3n) is 4.60. The number of hydrogen-bond donors (Lipinski definition) is 3. The van der Waals surface area contributed by atoms with Crippen molar-refractivity contribution in [2.45, 2.75) is 24.9 Å². The van der Waals surface area contributed by atoms with Crippen molar-refractivity contribution in [1.82, 2.24) is 15.6 Å². The number of hydrogen-bond acceptors (Lipinski definition) is 5. The van der Waals surface area contributed by atoms with Gasteiger partial charge in [-0.2, -0.15) is 0 Å². The molecule has 1 saturated heterocycles. The maximum atomic E-state index is 12.4. The molecule has 1 aliphatic heterocycles. The van der Waals surface area contributed by atoms with Gasteiger partial charge in [-0.15, -0.1) is 0 Å². The molecule has 2 fully saturated rings. The molecule has 114 valence electrons. The van der Waals surface area contributed by atoms with Crippen LogP contribution in [0.3, 0.4) is 0 Å². The van der Waals surface area contributed by atoms with Gasteiger partial charge in [-0.25, -0.2) is 9.78 Å². The molecule has 1 saturated carbocycles. The van der Waals surface area contributed by atoms with Crippen molar-refractivity contribution in [3.63, 3.8) is 0 Å². The van der Waals surface area contributed by atoms with Crippen LogP contribution >= 0.6 is 0 Å². The normalized spacial score (nSPS) is 26.5. The Morgan fingerprint density at radius 3 is 2.95 bits per heavy atom. The largest absolute Gasteiger partial charge is 0.478 e. The van der Waals surface area contributed by atoms with Crippen LogP contribution < -0.4 is 10.6 Å². The summed E-state index contributed by atoms with van der Waals surface area (Å²) in [5, 5.41) is 15.9. The second kappa shape index (κ2) is 4.81. The van der Waals surface area contributed by atoms with Gasteiger partial charge in [0.05, 0.1) is 6.20 Å². The van der Waals surface area contributed by atoms with Gasteiger partial charge < -0.3 is 20.2 Å². The van der Waals surface area contributed by atoms with Crippen LogP contribution in [0.4, 0.5) is 0 Å². The van der Waals surface area contributed by atoms with Crippen LogP contribution in [0.25, 0.3) is 11.0 Å². The molecule has 0 aromatic carbocycles. The van der Waals surface area contributed by atoms with E-state index in [0.717, 1.165) is 25.6 Å². The number of carbonyl (C=O) groups is 2. The standard InChI is InChI=1S/C15H15N3O4/c19-14(18-11-2-8-1-7(11)4-16-8)12-3-9-10(15(20)21)6-22-13(9)5-17-12/h3,5-8,11,16H,1-2,4H2,(H,18,19)(H,20,21). The summed E-state index contributed by atoms with van der Waals surface area (Å²) in [5.41, 5.74) is 0.612. The summed E-state index contributed by atoms with van der Waals surface area (Å²) in [4.78, 5) is 27.6. The first-order chi connectivity index (χ1) is 10.6. The summed E-state index contributed by atoms with van der Waals surface area (Å²) >= 11 is 0. The average Bonchev–Trinajstić information content (AvgIpc) is 3.20. The number of carboxylic acids is 1. The second-order valence-electron chi connectivity index (χ2n) is 5.94. The summed E-state index contributed by atoms with van der Waals surface area (Å²) < 4.78 is 5.14. The van der Waals surface area contributed by atoms with Gasteiger partial charge in [0, 0.05) is 24.0 Å². The summed E-state index contributed by atoms with van der Waals surface area (Å²) in [7, 11) is 0. The summed E-state index contributed by atoms with van der Waals surface area (Å²) in [6.07, 6.45) is 4.59. The van der Waals surface area contributed by atoms with E-state index in [9.17, 15) is 9.59 Å². The summed E-state index contributed by atoms with van der Waals surface area (Å²) in [6.45, 7) is 0.937. The van der Waals surface area contributed by atoms with E-state index in [2.05, 4.69) is 15.6 Å². The number of aromatic nitrogens is 1. The van der Waals surface area contributed by atoms with Gasteiger partial charge in [0.2, 0.25) is 0 Å². The molecule has 1 aliphatic carbocycles. The van der Waals surface area contributed by atoms with Gasteiger partial charge in [-0.05, 0) is 24.8 Å². The molecule has 1 amide bonds. The van der Waals surface area contributed by atoms with Crippen molar-refractivity contribution in [3.8, 4) is 0 Å². The van der Waals surface area contributed by atoms with Crippen molar-refractivity contribution in [2.75, 3.05) is 6.54 Å². The van der Waals surface area contributed by atoms with Gasteiger partial charge in [0.1, 0.15) is 17.5 Å². The maximum absolute atomic E-state index is 12.4. The Kier molecular flexibility index (Phi) is 2.90. The topological polar surface area (TPSA) is 104 Å². The number of fused-ring (bicyclic) bond motifs is 3. The number of furan rings is 1. The number of nitrogens with one attached hydrogen (secondary N) is 2. The van der Waals surface area contributed by atoms with E-state index in [1.807, 2.05) is 0 Å². The van der Waals surface area contributed by atoms with Gasteiger partial charge in [0.15, 0.2) is 5.58 Å². The number of nitrogens with zero attached hydrogens (tertiary/aromatic N) is 1. The highest BCUT2D eigenvalue weighted by atomic mass is 16.4. The Labute approximate surface area is 125 Å². The monoisotopic (exact) mass is 301 g/mol. The van der Waals surface area contributed by atoms with Crippen LogP contribution in [-0.2, 0) is 0 Å². The third-order valence-corrected chi connectivity index (χ3v) is 4.60. The first-order valence-corrected chi connectivity index (χ1v) is 7.26. The molecular weight excluding hydrogens is 286 g/mol. The molecule has 2 aromatic heterocycles. The number of carbonyl (C=O) groups excluding carboxylic acids is 1. The fraction of sp³-hybridized carbons (Fsp3) is 0.400. The molecule has 0 radical (unpaired) electrons. The average molecular weight is 301 g/mol. The SMILES string of the molecule is O=C(NC1CC2CC1CN2)c1cc2c(C(=O)O)coc2cn1. The minimum Gasteiger partial charge on any atom is -0.478 e. The maximum Gasteiger partial charge on any atom is 0.339 e. The molecule has 3 N–H and O–H groups in total. The van der Waals surface area contributed by atoms with Crippen LogP contribution in [-0.4, -0.2) is 40.6 Å². The molecule has 2 bridgehead atoms. The molecule has 4 rings (SSSR count). The Balaban J connectivity index is 1.59. The molecule has 0 spiro atoms. The van der Waals surface area contributed by atoms with Crippen molar-refractivity contribution in [1.29, 1.82) is 0 Å². The zero-order chi connectivity index (χ0) is 15.3. The fourth-order valence-corrected chi connectivity index (χ4v) is 3.48. The molecule has 3 unspecified atom stereocenters. The van der Waals surface area contributed by atoms with Crippen molar-refractivity contribution >= 4 is 22.8 Å². The lowest BCUT2D eigenvalue weighted by atomic mass is 10.0. The minimum absolute atomic E-state index is 0.0376. The lowest BCUT2D eigenvalue weighted by molar-refractivity contribution is 0.0697. The van der Waals surface area contributed by atoms with E-state index >= 15 is 0 Å². The molecule has 7 heteroatoms. The van der Waals surface area contributed by atoms with Crippen molar-refractivity contribution in [2.24, 2.45) is 5.92 Å². The quantitative estimate of drug-likeness (QED) is 0.781. The highest BCUT2D eigenvalue weighted by Crippen LogP contribution is 2.31. The molecule has 3 heterocycles. The number of carboxylic acid groups (broad SMARTS) is 1. The number of pyridine rings is 1. The third kappa shape index (κ3) is 2.05.